The minimum atomic E-state index is 0.381. The van der Waals surface area contributed by atoms with Crippen molar-refractivity contribution in [2.75, 3.05) is 0 Å². The molecular weight excluding hydrogens is 284 g/mol. The fourth-order valence-electron chi connectivity index (χ4n) is 1.89. The Morgan fingerprint density at radius 1 is 1.19 bits per heavy atom. The molecule has 1 aromatic heterocycles. The van der Waals surface area contributed by atoms with Gasteiger partial charge in [-0.2, -0.15) is 0 Å². The van der Waals surface area contributed by atoms with Gasteiger partial charge in [-0.05, 0) is 37.1 Å². The number of nitrogens with zero attached hydrogens (tertiary/aromatic N) is 1. The molecule has 0 aliphatic heterocycles. The summed E-state index contributed by atoms with van der Waals surface area (Å²) in [6.45, 7) is 8.91. The molecule has 0 saturated heterocycles. The molecule has 0 atom stereocenters. The van der Waals surface area contributed by atoms with Crippen LogP contribution in [0.2, 0.25) is 5.02 Å². The Labute approximate surface area is 131 Å². The standard InChI is InChI=1S/C17H21ClN2O/c1-11(2)19-10-15-14(18)8-9-17(20-15)21-16-7-5-6-12(3)13(16)4/h5-9,11,19H,10H2,1-4H3. The summed E-state index contributed by atoms with van der Waals surface area (Å²) in [5, 5.41) is 3.96. The lowest BCUT2D eigenvalue weighted by Crippen LogP contribution is -2.22. The average molecular weight is 305 g/mol. The highest BCUT2D eigenvalue weighted by Gasteiger charge is 2.08. The Hall–Kier alpha value is -1.58. The van der Waals surface area contributed by atoms with E-state index in [9.17, 15) is 0 Å². The summed E-state index contributed by atoms with van der Waals surface area (Å²) in [6, 6.07) is 10.00. The second-order valence-corrected chi connectivity index (χ2v) is 5.82. The van der Waals surface area contributed by atoms with Crippen LogP contribution in [0.5, 0.6) is 11.6 Å². The van der Waals surface area contributed by atoms with Crippen molar-refractivity contribution >= 4 is 11.6 Å². The number of ether oxygens (including phenoxy) is 1. The van der Waals surface area contributed by atoms with E-state index in [-0.39, 0.29) is 0 Å². The molecule has 0 saturated carbocycles. The van der Waals surface area contributed by atoms with E-state index in [1.807, 2.05) is 25.1 Å². The number of hydrogen-bond acceptors (Lipinski definition) is 3. The Kier molecular flexibility index (Phi) is 5.21. The summed E-state index contributed by atoms with van der Waals surface area (Å²) >= 11 is 6.18. The second-order valence-electron chi connectivity index (χ2n) is 5.41. The highest BCUT2D eigenvalue weighted by molar-refractivity contribution is 6.31. The fourth-order valence-corrected chi connectivity index (χ4v) is 2.07. The zero-order valence-corrected chi connectivity index (χ0v) is 13.7. The summed E-state index contributed by atoms with van der Waals surface area (Å²) in [4.78, 5) is 4.49. The minimum Gasteiger partial charge on any atom is -0.439 e. The molecule has 0 radical (unpaired) electrons. The van der Waals surface area contributed by atoms with Gasteiger partial charge in [0, 0.05) is 18.7 Å². The summed E-state index contributed by atoms with van der Waals surface area (Å²) in [5.41, 5.74) is 3.12. The van der Waals surface area contributed by atoms with Crippen molar-refractivity contribution in [3.05, 3.63) is 52.2 Å². The zero-order chi connectivity index (χ0) is 15.4. The van der Waals surface area contributed by atoms with Gasteiger partial charge in [-0.1, -0.05) is 37.6 Å². The molecule has 3 nitrogen and oxygen atoms in total. The number of rotatable bonds is 5. The van der Waals surface area contributed by atoms with E-state index in [0.717, 1.165) is 17.0 Å². The van der Waals surface area contributed by atoms with Gasteiger partial charge in [0.15, 0.2) is 0 Å². The molecule has 2 aromatic rings. The Morgan fingerprint density at radius 2 is 1.95 bits per heavy atom. The molecule has 0 unspecified atom stereocenters. The van der Waals surface area contributed by atoms with Crippen molar-refractivity contribution in [2.24, 2.45) is 0 Å². The Morgan fingerprint density at radius 3 is 2.67 bits per heavy atom. The predicted octanol–water partition coefficient (Wildman–Crippen LogP) is 4.64. The molecule has 0 fully saturated rings. The predicted molar refractivity (Wildman–Crippen MR) is 87.2 cm³/mol. The van der Waals surface area contributed by atoms with E-state index in [4.69, 9.17) is 16.3 Å². The lowest BCUT2D eigenvalue weighted by Gasteiger charge is -2.12. The van der Waals surface area contributed by atoms with E-state index in [1.54, 1.807) is 6.07 Å². The fraction of sp³-hybridized carbons (Fsp3) is 0.353. The van der Waals surface area contributed by atoms with Gasteiger partial charge in [0.2, 0.25) is 5.88 Å². The molecular formula is C17H21ClN2O. The van der Waals surface area contributed by atoms with E-state index in [2.05, 4.69) is 37.1 Å². The SMILES string of the molecule is Cc1cccc(Oc2ccc(Cl)c(CNC(C)C)n2)c1C. The van der Waals surface area contributed by atoms with E-state index < -0.39 is 0 Å². The summed E-state index contributed by atoms with van der Waals surface area (Å²) < 4.78 is 5.89. The first kappa shape index (κ1) is 15.8. The highest BCUT2D eigenvalue weighted by atomic mass is 35.5. The molecule has 112 valence electrons. The zero-order valence-electron chi connectivity index (χ0n) is 12.9. The third-order valence-electron chi connectivity index (χ3n) is 3.34. The van der Waals surface area contributed by atoms with Crippen LogP contribution >= 0.6 is 11.6 Å². The van der Waals surface area contributed by atoms with Gasteiger partial charge < -0.3 is 10.1 Å². The Balaban J connectivity index is 2.20. The maximum Gasteiger partial charge on any atom is 0.219 e. The van der Waals surface area contributed by atoms with Gasteiger partial charge in [-0.25, -0.2) is 4.98 Å². The van der Waals surface area contributed by atoms with Crippen LogP contribution in [-0.2, 0) is 6.54 Å². The molecule has 0 amide bonds. The van der Waals surface area contributed by atoms with Crippen molar-refractivity contribution in [2.45, 2.75) is 40.3 Å². The molecule has 0 aliphatic rings. The van der Waals surface area contributed by atoms with Gasteiger partial charge in [0.1, 0.15) is 5.75 Å². The quantitative estimate of drug-likeness (QED) is 0.873. The van der Waals surface area contributed by atoms with Crippen LogP contribution in [0.15, 0.2) is 30.3 Å². The van der Waals surface area contributed by atoms with Crippen LogP contribution in [0.4, 0.5) is 0 Å². The number of aromatic nitrogens is 1. The number of aryl methyl sites for hydroxylation is 1. The van der Waals surface area contributed by atoms with E-state index in [1.165, 1.54) is 5.56 Å². The molecule has 21 heavy (non-hydrogen) atoms. The molecule has 1 N–H and O–H groups in total. The molecule has 0 aliphatic carbocycles. The monoisotopic (exact) mass is 304 g/mol. The lowest BCUT2D eigenvalue weighted by atomic mass is 10.1. The normalized spacial score (nSPS) is 11.0. The third-order valence-corrected chi connectivity index (χ3v) is 3.68. The Bertz CT molecular complexity index is 626. The van der Waals surface area contributed by atoms with Gasteiger partial charge in [-0.3, -0.25) is 0 Å². The van der Waals surface area contributed by atoms with Gasteiger partial charge in [0.05, 0.1) is 10.7 Å². The van der Waals surface area contributed by atoms with Crippen LogP contribution in [0.3, 0.4) is 0 Å². The maximum atomic E-state index is 6.18. The highest BCUT2D eigenvalue weighted by Crippen LogP contribution is 2.27. The van der Waals surface area contributed by atoms with E-state index in [0.29, 0.717) is 23.5 Å². The first-order chi connectivity index (χ1) is 9.97. The van der Waals surface area contributed by atoms with Crippen LogP contribution in [-0.4, -0.2) is 11.0 Å². The van der Waals surface area contributed by atoms with Crippen molar-refractivity contribution in [1.82, 2.24) is 10.3 Å². The molecule has 1 heterocycles. The number of benzene rings is 1. The first-order valence-electron chi connectivity index (χ1n) is 7.10. The summed E-state index contributed by atoms with van der Waals surface area (Å²) in [7, 11) is 0. The number of hydrogen-bond donors (Lipinski definition) is 1. The second kappa shape index (κ2) is 6.92. The summed E-state index contributed by atoms with van der Waals surface area (Å²) in [6.07, 6.45) is 0. The molecule has 0 spiro atoms. The van der Waals surface area contributed by atoms with E-state index >= 15 is 0 Å². The minimum absolute atomic E-state index is 0.381. The summed E-state index contributed by atoms with van der Waals surface area (Å²) in [5.74, 6) is 1.39. The smallest absolute Gasteiger partial charge is 0.219 e. The van der Waals surface area contributed by atoms with Crippen molar-refractivity contribution < 1.29 is 4.74 Å². The molecule has 4 heteroatoms. The van der Waals surface area contributed by atoms with Gasteiger partial charge in [0.25, 0.3) is 0 Å². The van der Waals surface area contributed by atoms with Crippen LogP contribution < -0.4 is 10.1 Å². The largest absolute Gasteiger partial charge is 0.439 e. The van der Waals surface area contributed by atoms with Gasteiger partial charge in [-0.15, -0.1) is 0 Å². The topological polar surface area (TPSA) is 34.1 Å². The van der Waals surface area contributed by atoms with Crippen molar-refractivity contribution in [1.29, 1.82) is 0 Å². The van der Waals surface area contributed by atoms with Gasteiger partial charge >= 0.3 is 0 Å². The maximum absolute atomic E-state index is 6.18. The van der Waals surface area contributed by atoms with Crippen molar-refractivity contribution in [3.8, 4) is 11.6 Å². The number of halogens is 1. The number of nitrogens with one attached hydrogen (secondary N) is 1. The lowest BCUT2D eigenvalue weighted by molar-refractivity contribution is 0.454. The van der Waals surface area contributed by atoms with Crippen LogP contribution in [0.25, 0.3) is 0 Å². The molecule has 2 rings (SSSR count). The van der Waals surface area contributed by atoms with Crippen LogP contribution in [0, 0.1) is 13.8 Å². The van der Waals surface area contributed by atoms with Crippen LogP contribution in [0.1, 0.15) is 30.7 Å². The molecule has 0 bridgehead atoms. The molecule has 1 aromatic carbocycles. The third kappa shape index (κ3) is 4.19. The van der Waals surface area contributed by atoms with Crippen molar-refractivity contribution in [3.63, 3.8) is 0 Å². The average Bonchev–Trinajstić information content (AvgIpc) is 2.44. The number of pyridine rings is 1. The first-order valence-corrected chi connectivity index (χ1v) is 7.48.